The molecule has 2 rings (SSSR count). The van der Waals surface area contributed by atoms with E-state index in [1.807, 2.05) is 30.4 Å². The average molecular weight is 198 g/mol. The number of hydrogen-bond acceptors (Lipinski definition) is 1. The molecule has 1 unspecified atom stereocenters. The van der Waals surface area contributed by atoms with Gasteiger partial charge in [-0.05, 0) is 24.1 Å². The summed E-state index contributed by atoms with van der Waals surface area (Å²) in [7, 11) is 0. The fraction of sp³-hybridized carbons (Fsp3) is 0.143. The van der Waals surface area contributed by atoms with Crippen molar-refractivity contribution >= 4 is 0 Å². The second kappa shape index (κ2) is 3.77. The van der Waals surface area contributed by atoms with E-state index in [9.17, 15) is 5.11 Å². The number of hydrogen-bond donors (Lipinski definition) is 1. The van der Waals surface area contributed by atoms with Crippen LogP contribution in [-0.2, 0) is 5.41 Å². The first-order valence-electron chi connectivity index (χ1n) is 5.04. The van der Waals surface area contributed by atoms with Gasteiger partial charge in [-0.3, -0.25) is 0 Å². The highest BCUT2D eigenvalue weighted by Crippen LogP contribution is 2.34. The monoisotopic (exact) mass is 198 g/mol. The van der Waals surface area contributed by atoms with Gasteiger partial charge in [0.25, 0.3) is 0 Å². The second-order valence-corrected chi connectivity index (χ2v) is 3.78. The van der Waals surface area contributed by atoms with Crippen LogP contribution in [0.1, 0.15) is 12.0 Å². The zero-order valence-electron chi connectivity index (χ0n) is 8.56. The molecule has 0 amide bonds. The highest BCUT2D eigenvalue weighted by atomic mass is 16.3. The first-order valence-corrected chi connectivity index (χ1v) is 5.04. The van der Waals surface area contributed by atoms with Crippen LogP contribution >= 0.6 is 0 Å². The van der Waals surface area contributed by atoms with Gasteiger partial charge in [0.05, 0.1) is 0 Å². The fourth-order valence-electron chi connectivity index (χ4n) is 1.89. The summed E-state index contributed by atoms with van der Waals surface area (Å²) in [5.74, 6) is 0.299. The van der Waals surface area contributed by atoms with Gasteiger partial charge in [-0.25, -0.2) is 0 Å². The van der Waals surface area contributed by atoms with Crippen LogP contribution in [0.5, 0.6) is 5.75 Å². The normalized spacial score (nSPS) is 24.0. The summed E-state index contributed by atoms with van der Waals surface area (Å²) in [6, 6.07) is 7.32. The van der Waals surface area contributed by atoms with Gasteiger partial charge in [0.1, 0.15) is 5.75 Å². The van der Waals surface area contributed by atoms with E-state index < -0.39 is 0 Å². The van der Waals surface area contributed by atoms with Crippen LogP contribution in [0.25, 0.3) is 0 Å². The van der Waals surface area contributed by atoms with Gasteiger partial charge >= 0.3 is 0 Å². The third-order valence-electron chi connectivity index (χ3n) is 2.87. The first-order chi connectivity index (χ1) is 7.27. The standard InChI is InChI=1S/C14H14O/c1-2-14(10-4-3-5-11-14)12-6-8-13(15)9-7-12/h2-10,15H,1,11H2. The van der Waals surface area contributed by atoms with Gasteiger partial charge in [0, 0.05) is 5.41 Å². The van der Waals surface area contributed by atoms with E-state index in [1.54, 1.807) is 12.1 Å². The van der Waals surface area contributed by atoms with E-state index >= 15 is 0 Å². The van der Waals surface area contributed by atoms with Gasteiger partial charge in [0.2, 0.25) is 0 Å². The zero-order valence-corrected chi connectivity index (χ0v) is 8.56. The molecule has 1 N–H and O–H groups in total. The van der Waals surface area contributed by atoms with Gasteiger partial charge in [-0.1, -0.05) is 42.5 Å². The third kappa shape index (κ3) is 1.73. The molecule has 1 aromatic rings. The summed E-state index contributed by atoms with van der Waals surface area (Å²) in [4.78, 5) is 0. The smallest absolute Gasteiger partial charge is 0.115 e. The molecular weight excluding hydrogens is 184 g/mol. The number of phenolic OH excluding ortho intramolecular Hbond substituents is 1. The zero-order chi connectivity index (χ0) is 10.7. The van der Waals surface area contributed by atoms with E-state index in [0.29, 0.717) is 5.75 Å². The van der Waals surface area contributed by atoms with E-state index in [2.05, 4.69) is 18.7 Å². The van der Waals surface area contributed by atoms with Crippen molar-refractivity contribution in [2.75, 3.05) is 0 Å². The van der Waals surface area contributed by atoms with Crippen LogP contribution in [0.2, 0.25) is 0 Å². The molecule has 1 heteroatoms. The van der Waals surface area contributed by atoms with Crippen LogP contribution in [0.3, 0.4) is 0 Å². The Kier molecular flexibility index (Phi) is 2.46. The fourth-order valence-corrected chi connectivity index (χ4v) is 1.89. The highest BCUT2D eigenvalue weighted by molar-refractivity contribution is 5.42. The minimum atomic E-state index is -0.109. The van der Waals surface area contributed by atoms with Gasteiger partial charge < -0.3 is 5.11 Å². The number of benzene rings is 1. The Balaban J connectivity index is 2.42. The molecule has 1 atom stereocenters. The lowest BCUT2D eigenvalue weighted by molar-refractivity contribution is 0.474. The molecule has 1 aromatic carbocycles. The van der Waals surface area contributed by atoms with E-state index in [0.717, 1.165) is 12.0 Å². The Hall–Kier alpha value is -1.76. The first kappa shape index (κ1) is 9.78. The largest absolute Gasteiger partial charge is 0.508 e. The van der Waals surface area contributed by atoms with Gasteiger partial charge in [-0.2, -0.15) is 0 Å². The lowest BCUT2D eigenvalue weighted by atomic mass is 9.76. The molecule has 0 saturated carbocycles. The maximum atomic E-state index is 9.25. The molecule has 1 aliphatic carbocycles. The Labute approximate surface area is 90.1 Å². The highest BCUT2D eigenvalue weighted by Gasteiger charge is 2.25. The molecular formula is C14H14O. The molecule has 1 nitrogen and oxygen atoms in total. The maximum absolute atomic E-state index is 9.25. The summed E-state index contributed by atoms with van der Waals surface area (Å²) >= 11 is 0. The topological polar surface area (TPSA) is 20.2 Å². The molecule has 0 saturated heterocycles. The molecule has 15 heavy (non-hydrogen) atoms. The van der Waals surface area contributed by atoms with Crippen LogP contribution in [0, 0.1) is 0 Å². The van der Waals surface area contributed by atoms with Crippen molar-refractivity contribution in [1.82, 2.24) is 0 Å². The predicted octanol–water partition coefficient (Wildman–Crippen LogP) is 3.33. The molecule has 0 fully saturated rings. The van der Waals surface area contributed by atoms with Gasteiger partial charge in [-0.15, -0.1) is 6.58 Å². The minimum Gasteiger partial charge on any atom is -0.508 e. The molecule has 0 radical (unpaired) electrons. The van der Waals surface area contributed by atoms with Crippen LogP contribution in [-0.4, -0.2) is 5.11 Å². The van der Waals surface area contributed by atoms with E-state index in [4.69, 9.17) is 0 Å². The summed E-state index contributed by atoms with van der Waals surface area (Å²) in [6.07, 6.45) is 11.2. The van der Waals surface area contributed by atoms with Gasteiger partial charge in [0.15, 0.2) is 0 Å². The molecule has 0 heterocycles. The second-order valence-electron chi connectivity index (χ2n) is 3.78. The predicted molar refractivity (Wildman–Crippen MR) is 62.9 cm³/mol. The van der Waals surface area contributed by atoms with Crippen molar-refractivity contribution in [2.24, 2.45) is 0 Å². The summed E-state index contributed by atoms with van der Waals surface area (Å²) in [6.45, 7) is 3.91. The Bertz CT molecular complexity index is 411. The van der Waals surface area contributed by atoms with Crippen LogP contribution in [0.4, 0.5) is 0 Å². The maximum Gasteiger partial charge on any atom is 0.115 e. The molecule has 0 aliphatic heterocycles. The molecule has 1 aliphatic rings. The number of phenols is 1. The van der Waals surface area contributed by atoms with E-state index in [1.165, 1.54) is 0 Å². The Morgan fingerprint density at radius 1 is 1.20 bits per heavy atom. The molecule has 76 valence electrons. The summed E-state index contributed by atoms with van der Waals surface area (Å²) < 4.78 is 0. The van der Waals surface area contributed by atoms with Crippen molar-refractivity contribution in [3.63, 3.8) is 0 Å². The molecule has 0 bridgehead atoms. The molecule has 0 spiro atoms. The van der Waals surface area contributed by atoms with Crippen molar-refractivity contribution in [1.29, 1.82) is 0 Å². The van der Waals surface area contributed by atoms with Crippen molar-refractivity contribution in [3.05, 3.63) is 66.8 Å². The number of rotatable bonds is 2. The Morgan fingerprint density at radius 2 is 1.93 bits per heavy atom. The number of aromatic hydroxyl groups is 1. The average Bonchev–Trinajstić information content (AvgIpc) is 2.31. The number of allylic oxidation sites excluding steroid dienone is 5. The Morgan fingerprint density at radius 3 is 2.47 bits per heavy atom. The lowest BCUT2D eigenvalue weighted by Gasteiger charge is -2.28. The van der Waals surface area contributed by atoms with Crippen LogP contribution < -0.4 is 0 Å². The SMILES string of the molecule is C=CC1(c2ccc(O)cc2)C=CC=CC1. The lowest BCUT2D eigenvalue weighted by Crippen LogP contribution is -2.20. The van der Waals surface area contributed by atoms with E-state index in [-0.39, 0.29) is 5.41 Å². The molecule has 0 aromatic heterocycles. The van der Waals surface area contributed by atoms with Crippen molar-refractivity contribution in [2.45, 2.75) is 11.8 Å². The van der Waals surface area contributed by atoms with Crippen molar-refractivity contribution < 1.29 is 5.11 Å². The van der Waals surface area contributed by atoms with Crippen molar-refractivity contribution in [3.8, 4) is 5.75 Å². The quantitative estimate of drug-likeness (QED) is 0.723. The summed E-state index contributed by atoms with van der Waals surface area (Å²) in [5, 5.41) is 9.25. The minimum absolute atomic E-state index is 0.109. The summed E-state index contributed by atoms with van der Waals surface area (Å²) in [5.41, 5.74) is 1.05. The third-order valence-corrected chi connectivity index (χ3v) is 2.87. The van der Waals surface area contributed by atoms with Crippen LogP contribution in [0.15, 0.2) is 61.2 Å².